The molecule has 2 aromatic heterocycles. The Morgan fingerprint density at radius 1 is 1.21 bits per heavy atom. The first-order chi connectivity index (χ1) is 13.9. The molecule has 0 saturated heterocycles. The molecule has 0 saturated carbocycles. The Labute approximate surface area is 170 Å². The van der Waals surface area contributed by atoms with Gasteiger partial charge in [-0.1, -0.05) is 11.2 Å². The Morgan fingerprint density at radius 3 is 2.62 bits per heavy atom. The summed E-state index contributed by atoms with van der Waals surface area (Å²) in [6.07, 6.45) is -0.742. The average molecular weight is 413 g/mol. The van der Waals surface area contributed by atoms with Crippen LogP contribution in [0.1, 0.15) is 36.5 Å². The summed E-state index contributed by atoms with van der Waals surface area (Å²) in [7, 11) is 0. The van der Waals surface area contributed by atoms with Gasteiger partial charge in [0.05, 0.1) is 11.3 Å². The highest BCUT2D eigenvalue weighted by molar-refractivity contribution is 7.13. The number of nitrogens with one attached hydrogen (secondary N) is 1. The molecule has 0 radical (unpaired) electrons. The number of carbonyl (C=O) groups excluding carboxylic acids is 3. The molecule has 0 aliphatic heterocycles. The minimum atomic E-state index is -0.973. The van der Waals surface area contributed by atoms with E-state index < -0.39 is 18.0 Å². The van der Waals surface area contributed by atoms with Crippen molar-refractivity contribution in [1.29, 1.82) is 0 Å². The van der Waals surface area contributed by atoms with E-state index in [2.05, 4.69) is 15.5 Å². The molecule has 3 rings (SSSR count). The molecule has 2 heterocycles. The predicted octanol–water partition coefficient (Wildman–Crippen LogP) is 3.50. The number of amides is 1. The van der Waals surface area contributed by atoms with Crippen molar-refractivity contribution >= 4 is 34.7 Å². The predicted molar refractivity (Wildman–Crippen MR) is 107 cm³/mol. The lowest BCUT2D eigenvalue weighted by atomic mass is 10.1. The minimum Gasteiger partial charge on any atom is -0.453 e. The zero-order valence-corrected chi connectivity index (χ0v) is 16.7. The molecule has 1 atom stereocenters. The van der Waals surface area contributed by atoms with Crippen LogP contribution in [0.5, 0.6) is 0 Å². The lowest BCUT2D eigenvalue weighted by Crippen LogP contribution is -2.30. The van der Waals surface area contributed by atoms with E-state index in [4.69, 9.17) is 9.26 Å². The van der Waals surface area contributed by atoms with Gasteiger partial charge < -0.3 is 14.6 Å². The van der Waals surface area contributed by atoms with Crippen LogP contribution >= 0.6 is 11.3 Å². The Kier molecular flexibility index (Phi) is 6.50. The van der Waals surface area contributed by atoms with E-state index in [-0.39, 0.29) is 18.6 Å². The zero-order chi connectivity index (χ0) is 20.8. The molecule has 1 unspecified atom stereocenters. The number of carbonyl (C=O) groups is 3. The van der Waals surface area contributed by atoms with E-state index in [1.165, 1.54) is 25.2 Å². The van der Waals surface area contributed by atoms with Crippen LogP contribution in [-0.4, -0.2) is 33.9 Å². The van der Waals surface area contributed by atoms with Gasteiger partial charge >= 0.3 is 5.97 Å². The molecule has 3 aromatic rings. The second kappa shape index (κ2) is 9.24. The van der Waals surface area contributed by atoms with Gasteiger partial charge in [0.1, 0.15) is 0 Å². The molecule has 0 spiro atoms. The van der Waals surface area contributed by atoms with Crippen molar-refractivity contribution in [2.45, 2.75) is 32.8 Å². The smallest absolute Gasteiger partial charge is 0.307 e. The first kappa shape index (κ1) is 20.4. The third-order valence-electron chi connectivity index (χ3n) is 3.99. The quantitative estimate of drug-likeness (QED) is 0.444. The van der Waals surface area contributed by atoms with Crippen molar-refractivity contribution < 1.29 is 23.6 Å². The lowest BCUT2D eigenvalue weighted by Gasteiger charge is -2.13. The highest BCUT2D eigenvalue weighted by atomic mass is 32.1. The number of aromatic nitrogens is 2. The molecule has 150 valence electrons. The van der Waals surface area contributed by atoms with Crippen LogP contribution < -0.4 is 5.32 Å². The van der Waals surface area contributed by atoms with E-state index >= 15 is 0 Å². The third kappa shape index (κ3) is 5.58. The van der Waals surface area contributed by atoms with Crippen LogP contribution in [0, 0.1) is 0 Å². The largest absolute Gasteiger partial charge is 0.453 e. The van der Waals surface area contributed by atoms with Gasteiger partial charge in [-0.2, -0.15) is 4.98 Å². The van der Waals surface area contributed by atoms with Gasteiger partial charge in [0.2, 0.25) is 11.7 Å². The molecular formula is C20H19N3O5S. The molecule has 1 N–H and O–H groups in total. The lowest BCUT2D eigenvalue weighted by molar-refractivity contribution is -0.153. The third-order valence-corrected chi connectivity index (χ3v) is 4.85. The maximum Gasteiger partial charge on any atom is 0.307 e. The van der Waals surface area contributed by atoms with Gasteiger partial charge in [-0.05, 0) is 49.6 Å². The maximum absolute atomic E-state index is 12.2. The fraction of sp³-hybridized carbons (Fsp3) is 0.250. The van der Waals surface area contributed by atoms with Gasteiger partial charge in [-0.15, -0.1) is 11.3 Å². The standard InChI is InChI=1S/C20H19N3O5S/c1-12(24)14-5-7-15(8-6-14)21-20(26)13(2)27-18(25)10-9-17-22-19(23-28-17)16-4-3-11-29-16/h3-8,11,13H,9-10H2,1-2H3,(H,21,26). The van der Waals surface area contributed by atoms with E-state index in [1.807, 2.05) is 17.5 Å². The summed E-state index contributed by atoms with van der Waals surface area (Å²) in [5.41, 5.74) is 1.06. The summed E-state index contributed by atoms with van der Waals surface area (Å²) >= 11 is 1.49. The van der Waals surface area contributed by atoms with Crippen LogP contribution in [0.4, 0.5) is 5.69 Å². The van der Waals surface area contributed by atoms with E-state index in [0.717, 1.165) is 4.88 Å². The van der Waals surface area contributed by atoms with Crippen LogP contribution in [0.2, 0.25) is 0 Å². The van der Waals surface area contributed by atoms with Gasteiger partial charge in [-0.3, -0.25) is 14.4 Å². The average Bonchev–Trinajstić information content (AvgIpc) is 3.38. The second-order valence-corrected chi connectivity index (χ2v) is 7.19. The van der Waals surface area contributed by atoms with Gasteiger partial charge in [0, 0.05) is 17.7 Å². The Morgan fingerprint density at radius 2 is 1.97 bits per heavy atom. The molecule has 0 bridgehead atoms. The number of ether oxygens (including phenoxy) is 1. The number of hydrogen-bond donors (Lipinski definition) is 1. The number of thiophene rings is 1. The first-order valence-corrected chi connectivity index (χ1v) is 9.78. The van der Waals surface area contributed by atoms with Crippen molar-refractivity contribution in [1.82, 2.24) is 10.1 Å². The number of rotatable bonds is 8. The molecule has 0 aliphatic carbocycles. The van der Waals surface area contributed by atoms with Crippen LogP contribution in [0.25, 0.3) is 10.7 Å². The Balaban J connectivity index is 1.46. The van der Waals surface area contributed by atoms with Crippen LogP contribution in [-0.2, 0) is 20.7 Å². The molecule has 1 aromatic carbocycles. The van der Waals surface area contributed by atoms with Crippen molar-refractivity contribution in [3.05, 3.63) is 53.2 Å². The molecule has 0 fully saturated rings. The number of esters is 1. The van der Waals surface area contributed by atoms with E-state index in [1.54, 1.807) is 24.3 Å². The van der Waals surface area contributed by atoms with Crippen LogP contribution in [0.3, 0.4) is 0 Å². The normalized spacial score (nSPS) is 11.7. The van der Waals surface area contributed by atoms with Crippen molar-refractivity contribution in [2.75, 3.05) is 5.32 Å². The number of nitrogens with zero attached hydrogens (tertiary/aromatic N) is 2. The Bertz CT molecular complexity index is 996. The number of anilines is 1. The van der Waals surface area contributed by atoms with Crippen molar-refractivity contribution in [3.8, 4) is 10.7 Å². The topological polar surface area (TPSA) is 111 Å². The second-order valence-electron chi connectivity index (χ2n) is 6.24. The summed E-state index contributed by atoms with van der Waals surface area (Å²) in [5, 5.41) is 8.42. The molecule has 29 heavy (non-hydrogen) atoms. The Hall–Kier alpha value is -3.33. The number of ketones is 1. The number of Topliss-reactive ketones (excluding diaryl/α,β-unsaturated/α-hetero) is 1. The van der Waals surface area contributed by atoms with Crippen LogP contribution in [0.15, 0.2) is 46.3 Å². The maximum atomic E-state index is 12.2. The van der Waals surface area contributed by atoms with Gasteiger partial charge in [0.15, 0.2) is 11.9 Å². The summed E-state index contributed by atoms with van der Waals surface area (Å²) in [6, 6.07) is 10.2. The zero-order valence-electron chi connectivity index (χ0n) is 15.9. The summed E-state index contributed by atoms with van der Waals surface area (Å²) in [5.74, 6) is -0.268. The highest BCUT2D eigenvalue weighted by Crippen LogP contribution is 2.21. The molecule has 8 nitrogen and oxygen atoms in total. The number of aryl methyl sites for hydroxylation is 1. The number of hydrogen-bond acceptors (Lipinski definition) is 8. The fourth-order valence-corrected chi connectivity index (χ4v) is 3.06. The summed E-state index contributed by atoms with van der Waals surface area (Å²) < 4.78 is 10.3. The molecular weight excluding hydrogens is 394 g/mol. The molecule has 0 aliphatic rings. The van der Waals surface area contributed by atoms with Gasteiger partial charge in [-0.25, -0.2) is 0 Å². The van der Waals surface area contributed by atoms with Gasteiger partial charge in [0.25, 0.3) is 5.91 Å². The fourth-order valence-electron chi connectivity index (χ4n) is 2.41. The SMILES string of the molecule is CC(=O)c1ccc(NC(=O)C(C)OC(=O)CCc2nc(-c3cccs3)no2)cc1. The summed E-state index contributed by atoms with van der Waals surface area (Å²) in [4.78, 5) is 40.6. The molecule has 9 heteroatoms. The van der Waals surface area contributed by atoms with E-state index in [0.29, 0.717) is 23.0 Å². The first-order valence-electron chi connectivity index (χ1n) is 8.90. The van der Waals surface area contributed by atoms with Crippen molar-refractivity contribution in [2.24, 2.45) is 0 Å². The van der Waals surface area contributed by atoms with E-state index in [9.17, 15) is 14.4 Å². The highest BCUT2D eigenvalue weighted by Gasteiger charge is 2.19. The van der Waals surface area contributed by atoms with Crippen molar-refractivity contribution in [3.63, 3.8) is 0 Å². The number of benzene rings is 1. The summed E-state index contributed by atoms with van der Waals surface area (Å²) in [6.45, 7) is 2.95. The molecule has 1 amide bonds. The monoisotopic (exact) mass is 413 g/mol. The minimum absolute atomic E-state index is 0.0109.